The lowest BCUT2D eigenvalue weighted by molar-refractivity contribution is 0.176. The van der Waals surface area contributed by atoms with Crippen LogP contribution >= 0.6 is 0 Å². The minimum absolute atomic E-state index is 0.799. The van der Waals surface area contributed by atoms with Gasteiger partial charge in [-0.1, -0.05) is 26.7 Å². The first-order valence-corrected chi connectivity index (χ1v) is 7.28. The highest BCUT2D eigenvalue weighted by atomic mass is 15.1. The van der Waals surface area contributed by atoms with E-state index >= 15 is 0 Å². The van der Waals surface area contributed by atoms with Gasteiger partial charge in [-0.2, -0.15) is 0 Å². The first kappa shape index (κ1) is 12.4. The Morgan fingerprint density at radius 2 is 1.75 bits per heavy atom. The van der Waals surface area contributed by atoms with E-state index in [4.69, 9.17) is 0 Å². The minimum atomic E-state index is 0.799. The molecule has 1 heterocycles. The molecule has 2 unspecified atom stereocenters. The number of nitrogens with zero attached hydrogens (tertiary/aromatic N) is 1. The van der Waals surface area contributed by atoms with Gasteiger partial charge in [0.25, 0.3) is 0 Å². The third-order valence-corrected chi connectivity index (χ3v) is 4.60. The third-order valence-electron chi connectivity index (χ3n) is 4.60. The topological polar surface area (TPSA) is 15.3 Å². The molecule has 1 saturated heterocycles. The number of piperidine rings is 1. The van der Waals surface area contributed by atoms with E-state index in [0.717, 1.165) is 18.0 Å². The van der Waals surface area contributed by atoms with Gasteiger partial charge >= 0.3 is 0 Å². The quantitative estimate of drug-likeness (QED) is 0.793. The van der Waals surface area contributed by atoms with Crippen LogP contribution in [0, 0.1) is 5.92 Å². The van der Waals surface area contributed by atoms with Crippen molar-refractivity contribution in [3.05, 3.63) is 0 Å². The lowest BCUT2D eigenvalue weighted by atomic mass is 9.85. The predicted octanol–water partition coefficient (Wildman–Crippen LogP) is 2.64. The van der Waals surface area contributed by atoms with E-state index in [0.29, 0.717) is 0 Å². The summed E-state index contributed by atoms with van der Waals surface area (Å²) in [6.45, 7) is 8.53. The van der Waals surface area contributed by atoms with Crippen molar-refractivity contribution in [2.45, 2.75) is 64.5 Å². The molecule has 94 valence electrons. The number of likely N-dealkylation sites (tertiary alicyclic amines) is 1. The van der Waals surface area contributed by atoms with Gasteiger partial charge in [0.2, 0.25) is 0 Å². The number of rotatable bonds is 3. The van der Waals surface area contributed by atoms with Crippen LogP contribution in [0.5, 0.6) is 0 Å². The fraction of sp³-hybridized carbons (Fsp3) is 1.00. The molecule has 1 N–H and O–H groups in total. The van der Waals surface area contributed by atoms with Crippen LogP contribution in [0.15, 0.2) is 0 Å². The molecule has 2 atom stereocenters. The Morgan fingerprint density at radius 3 is 2.38 bits per heavy atom. The second-order valence-corrected chi connectivity index (χ2v) is 5.74. The van der Waals surface area contributed by atoms with E-state index in [-0.39, 0.29) is 0 Å². The van der Waals surface area contributed by atoms with E-state index in [2.05, 4.69) is 24.1 Å². The van der Waals surface area contributed by atoms with Crippen LogP contribution in [0.1, 0.15) is 52.4 Å². The van der Waals surface area contributed by atoms with Crippen LogP contribution in [-0.4, -0.2) is 36.6 Å². The summed E-state index contributed by atoms with van der Waals surface area (Å²) in [5, 5.41) is 3.93. The van der Waals surface area contributed by atoms with Crippen molar-refractivity contribution in [1.82, 2.24) is 10.2 Å². The molecule has 1 saturated carbocycles. The van der Waals surface area contributed by atoms with Gasteiger partial charge in [0.05, 0.1) is 0 Å². The fourth-order valence-corrected chi connectivity index (χ4v) is 3.28. The van der Waals surface area contributed by atoms with Crippen LogP contribution < -0.4 is 5.32 Å². The highest BCUT2D eigenvalue weighted by Crippen LogP contribution is 2.25. The first-order chi connectivity index (χ1) is 7.79. The standard InChI is InChI=1S/C14H28N2/c1-3-16-10-8-13(9-11-16)15-14-7-5-4-6-12(14)2/h12-15H,3-11H2,1-2H3. The van der Waals surface area contributed by atoms with E-state index in [1.165, 1.54) is 58.2 Å². The average molecular weight is 224 g/mol. The predicted molar refractivity (Wildman–Crippen MR) is 69.7 cm³/mol. The molecule has 2 nitrogen and oxygen atoms in total. The van der Waals surface area contributed by atoms with Gasteiger partial charge in [0, 0.05) is 12.1 Å². The monoisotopic (exact) mass is 224 g/mol. The third kappa shape index (κ3) is 3.21. The Bertz CT molecular complexity index is 197. The molecular weight excluding hydrogens is 196 g/mol. The lowest BCUT2D eigenvalue weighted by Crippen LogP contribution is -2.48. The number of hydrogen-bond acceptors (Lipinski definition) is 2. The van der Waals surface area contributed by atoms with Crippen LogP contribution in [0.25, 0.3) is 0 Å². The van der Waals surface area contributed by atoms with Crippen molar-refractivity contribution in [3.63, 3.8) is 0 Å². The van der Waals surface area contributed by atoms with E-state index < -0.39 is 0 Å². The van der Waals surface area contributed by atoms with Crippen LogP contribution in [-0.2, 0) is 0 Å². The Morgan fingerprint density at radius 1 is 1.06 bits per heavy atom. The summed E-state index contributed by atoms with van der Waals surface area (Å²) >= 11 is 0. The average Bonchev–Trinajstić information content (AvgIpc) is 2.33. The molecule has 0 aromatic rings. The van der Waals surface area contributed by atoms with Crippen LogP contribution in [0.3, 0.4) is 0 Å². The summed E-state index contributed by atoms with van der Waals surface area (Å²) in [5.74, 6) is 0.901. The van der Waals surface area contributed by atoms with Gasteiger partial charge in [-0.3, -0.25) is 0 Å². The molecule has 2 aliphatic rings. The smallest absolute Gasteiger partial charge is 0.00953 e. The van der Waals surface area contributed by atoms with E-state index in [9.17, 15) is 0 Å². The molecule has 2 fully saturated rings. The highest BCUT2D eigenvalue weighted by molar-refractivity contribution is 4.84. The Kier molecular flexibility index (Phi) is 4.66. The molecule has 0 amide bonds. The summed E-state index contributed by atoms with van der Waals surface area (Å²) in [4.78, 5) is 2.57. The van der Waals surface area contributed by atoms with Gasteiger partial charge in [0.15, 0.2) is 0 Å². The normalized spacial score (nSPS) is 34.1. The minimum Gasteiger partial charge on any atom is -0.311 e. The van der Waals surface area contributed by atoms with Gasteiger partial charge in [-0.25, -0.2) is 0 Å². The van der Waals surface area contributed by atoms with Crippen molar-refractivity contribution >= 4 is 0 Å². The summed E-state index contributed by atoms with van der Waals surface area (Å²) in [6.07, 6.45) is 8.46. The molecule has 0 aromatic carbocycles. The molecule has 0 bridgehead atoms. The van der Waals surface area contributed by atoms with Gasteiger partial charge in [-0.05, 0) is 51.2 Å². The maximum absolute atomic E-state index is 3.93. The highest BCUT2D eigenvalue weighted by Gasteiger charge is 2.25. The molecule has 0 radical (unpaired) electrons. The van der Waals surface area contributed by atoms with Crippen molar-refractivity contribution in [2.24, 2.45) is 5.92 Å². The first-order valence-electron chi connectivity index (χ1n) is 7.28. The van der Waals surface area contributed by atoms with Crippen molar-refractivity contribution in [1.29, 1.82) is 0 Å². The molecule has 0 aromatic heterocycles. The maximum atomic E-state index is 3.93. The molecule has 1 aliphatic carbocycles. The summed E-state index contributed by atoms with van der Waals surface area (Å²) < 4.78 is 0. The van der Waals surface area contributed by atoms with E-state index in [1.54, 1.807) is 0 Å². The Hall–Kier alpha value is -0.0800. The van der Waals surface area contributed by atoms with Gasteiger partial charge in [-0.15, -0.1) is 0 Å². The summed E-state index contributed by atoms with van der Waals surface area (Å²) in [6, 6.07) is 1.61. The number of hydrogen-bond donors (Lipinski definition) is 1. The molecule has 1 aliphatic heterocycles. The molecule has 2 rings (SSSR count). The zero-order valence-corrected chi connectivity index (χ0v) is 11.0. The zero-order valence-electron chi connectivity index (χ0n) is 11.0. The summed E-state index contributed by atoms with van der Waals surface area (Å²) in [5.41, 5.74) is 0. The van der Waals surface area contributed by atoms with Gasteiger partial charge < -0.3 is 10.2 Å². The van der Waals surface area contributed by atoms with E-state index in [1.807, 2.05) is 0 Å². The second-order valence-electron chi connectivity index (χ2n) is 5.74. The van der Waals surface area contributed by atoms with Crippen LogP contribution in [0.4, 0.5) is 0 Å². The van der Waals surface area contributed by atoms with Gasteiger partial charge in [0.1, 0.15) is 0 Å². The zero-order chi connectivity index (χ0) is 11.4. The van der Waals surface area contributed by atoms with Crippen LogP contribution in [0.2, 0.25) is 0 Å². The molecule has 16 heavy (non-hydrogen) atoms. The Labute approximate surface area is 101 Å². The fourth-order valence-electron chi connectivity index (χ4n) is 3.28. The maximum Gasteiger partial charge on any atom is 0.00953 e. The van der Waals surface area contributed by atoms with Crippen molar-refractivity contribution in [3.8, 4) is 0 Å². The second kappa shape index (κ2) is 6.02. The SMILES string of the molecule is CCN1CCC(NC2CCCCC2C)CC1. The molecule has 0 spiro atoms. The summed E-state index contributed by atoms with van der Waals surface area (Å²) in [7, 11) is 0. The molecular formula is C14H28N2. The Balaban J connectivity index is 1.73. The largest absolute Gasteiger partial charge is 0.311 e. The lowest BCUT2D eigenvalue weighted by Gasteiger charge is -2.37. The van der Waals surface area contributed by atoms with Crippen molar-refractivity contribution in [2.75, 3.05) is 19.6 Å². The molecule has 2 heteroatoms. The van der Waals surface area contributed by atoms with Crippen molar-refractivity contribution < 1.29 is 0 Å². The number of nitrogens with one attached hydrogen (secondary N) is 1.